The summed E-state index contributed by atoms with van der Waals surface area (Å²) < 4.78 is 0. The second-order valence-electron chi connectivity index (χ2n) is 9.61. The maximum Gasteiger partial charge on any atom is 0.253 e. The zero-order valence-corrected chi connectivity index (χ0v) is 20.7. The van der Waals surface area contributed by atoms with Crippen molar-refractivity contribution in [2.45, 2.75) is 52.0 Å². The quantitative estimate of drug-likeness (QED) is 0.491. The number of piperidine rings is 1. The topological polar surface area (TPSA) is 59.2 Å². The highest BCUT2D eigenvalue weighted by Crippen LogP contribution is 2.40. The molecule has 0 saturated carbocycles. The average Bonchev–Trinajstić information content (AvgIpc) is 3.14. The van der Waals surface area contributed by atoms with Crippen molar-refractivity contribution in [2.24, 2.45) is 5.73 Å². The molecule has 3 aromatic rings. The molecule has 0 radical (unpaired) electrons. The Kier molecular flexibility index (Phi) is 6.44. The first kappa shape index (κ1) is 23.0. The van der Waals surface area contributed by atoms with Gasteiger partial charge in [0.2, 0.25) is 0 Å². The Balaban J connectivity index is 1.62. The smallest absolute Gasteiger partial charge is 0.253 e. The number of carbonyl (C=O) groups excluding carboxylic acids is 1. The second kappa shape index (κ2) is 8.97. The Labute approximate surface area is 199 Å². The highest BCUT2D eigenvalue weighted by Gasteiger charge is 2.23. The van der Waals surface area contributed by atoms with Gasteiger partial charge in [0, 0.05) is 62.3 Å². The third kappa shape index (κ3) is 4.75. The van der Waals surface area contributed by atoms with E-state index in [1.54, 1.807) is 17.4 Å². The van der Waals surface area contributed by atoms with Gasteiger partial charge in [0.25, 0.3) is 5.91 Å². The van der Waals surface area contributed by atoms with Crippen LogP contribution in [0.15, 0.2) is 42.6 Å². The fraction of sp³-hybridized carbons (Fsp3) is 0.385. The Morgan fingerprint density at radius 2 is 1.97 bits per heavy atom. The number of hydrogen-bond acceptors (Lipinski definition) is 4. The van der Waals surface area contributed by atoms with E-state index in [0.717, 1.165) is 41.8 Å². The van der Waals surface area contributed by atoms with Gasteiger partial charge in [-0.1, -0.05) is 38.4 Å². The van der Waals surface area contributed by atoms with E-state index in [2.05, 4.69) is 50.9 Å². The number of benzene rings is 1. The zero-order chi connectivity index (χ0) is 23.0. The molecule has 1 fully saturated rings. The van der Waals surface area contributed by atoms with E-state index < -0.39 is 0 Å². The van der Waals surface area contributed by atoms with Crippen LogP contribution in [0.2, 0.25) is 5.02 Å². The fourth-order valence-corrected chi connectivity index (χ4v) is 5.44. The number of aromatic nitrogens is 1. The zero-order valence-electron chi connectivity index (χ0n) is 19.1. The molecule has 1 atom stereocenters. The molecule has 2 aromatic heterocycles. The molecule has 2 N–H and O–H groups in total. The molecule has 4 rings (SSSR count). The summed E-state index contributed by atoms with van der Waals surface area (Å²) in [6.07, 6.45) is 3.80. The molecule has 0 spiro atoms. The Morgan fingerprint density at radius 1 is 1.19 bits per heavy atom. The first-order chi connectivity index (χ1) is 15.1. The first-order valence-corrected chi connectivity index (χ1v) is 12.2. The van der Waals surface area contributed by atoms with Crippen molar-refractivity contribution in [3.8, 4) is 21.6 Å². The summed E-state index contributed by atoms with van der Waals surface area (Å²) in [7, 11) is 0. The third-order valence-corrected chi connectivity index (χ3v) is 7.39. The minimum Gasteiger partial charge on any atom is -0.337 e. The second-order valence-corrected chi connectivity index (χ2v) is 11.3. The minimum atomic E-state index is -0.00487. The monoisotopic (exact) mass is 467 g/mol. The standard InChI is InChI=1S/C26H30ClN3OS/c1-16-21(14-23(32-16)17-9-10-29-24(13-17)26(2,3)4)20-8-7-18(12-22(20)27)25(31)30-11-5-6-19(28)15-30/h7-10,12-14,19H,5-6,11,15,28H2,1-4H3. The van der Waals surface area contributed by atoms with Crippen LogP contribution in [0, 0.1) is 6.92 Å². The van der Waals surface area contributed by atoms with Crippen LogP contribution in [0.5, 0.6) is 0 Å². The molecular formula is C26H30ClN3OS. The molecule has 0 bridgehead atoms. The van der Waals surface area contributed by atoms with Crippen LogP contribution in [0.1, 0.15) is 54.5 Å². The summed E-state index contributed by atoms with van der Waals surface area (Å²) in [6.45, 7) is 9.98. The number of hydrogen-bond donors (Lipinski definition) is 1. The maximum absolute atomic E-state index is 12.9. The molecule has 32 heavy (non-hydrogen) atoms. The van der Waals surface area contributed by atoms with Gasteiger partial charge in [0.05, 0.1) is 0 Å². The number of amides is 1. The van der Waals surface area contributed by atoms with Gasteiger partial charge in [-0.25, -0.2) is 0 Å². The van der Waals surface area contributed by atoms with Crippen molar-refractivity contribution in [3.63, 3.8) is 0 Å². The van der Waals surface area contributed by atoms with Crippen molar-refractivity contribution in [1.29, 1.82) is 0 Å². The van der Waals surface area contributed by atoms with E-state index >= 15 is 0 Å². The summed E-state index contributed by atoms with van der Waals surface area (Å²) in [5, 5.41) is 0.592. The van der Waals surface area contributed by atoms with Gasteiger partial charge in [-0.2, -0.15) is 0 Å². The van der Waals surface area contributed by atoms with Gasteiger partial charge < -0.3 is 10.6 Å². The Morgan fingerprint density at radius 3 is 2.66 bits per heavy atom. The molecule has 4 nitrogen and oxygen atoms in total. The van der Waals surface area contributed by atoms with E-state index in [1.807, 2.05) is 23.2 Å². The third-order valence-electron chi connectivity index (χ3n) is 5.98. The van der Waals surface area contributed by atoms with Crippen LogP contribution in [-0.2, 0) is 5.41 Å². The molecule has 1 saturated heterocycles. The summed E-state index contributed by atoms with van der Waals surface area (Å²) in [4.78, 5) is 21.7. The number of rotatable bonds is 3. The van der Waals surface area contributed by atoms with Gasteiger partial charge in [0.15, 0.2) is 0 Å². The number of likely N-dealkylation sites (tertiary alicyclic amines) is 1. The van der Waals surface area contributed by atoms with Crippen molar-refractivity contribution >= 4 is 28.8 Å². The van der Waals surface area contributed by atoms with Gasteiger partial charge in [-0.05, 0) is 61.2 Å². The van der Waals surface area contributed by atoms with Crippen molar-refractivity contribution in [2.75, 3.05) is 13.1 Å². The van der Waals surface area contributed by atoms with Crippen LogP contribution in [0.4, 0.5) is 0 Å². The SMILES string of the molecule is Cc1sc(-c2ccnc(C(C)(C)C)c2)cc1-c1ccc(C(=O)N2CCCC(N)C2)cc1Cl. The molecule has 1 aliphatic rings. The maximum atomic E-state index is 12.9. The molecule has 0 aliphatic carbocycles. The number of carbonyl (C=O) groups is 1. The number of halogens is 1. The molecule has 1 aromatic carbocycles. The lowest BCUT2D eigenvalue weighted by Crippen LogP contribution is -2.45. The molecule has 1 amide bonds. The van der Waals surface area contributed by atoms with Gasteiger partial charge >= 0.3 is 0 Å². The lowest BCUT2D eigenvalue weighted by atomic mass is 9.90. The number of nitrogens with two attached hydrogens (primary N) is 1. The number of nitrogens with zero attached hydrogens (tertiary/aromatic N) is 2. The van der Waals surface area contributed by atoms with Gasteiger partial charge in [0.1, 0.15) is 0 Å². The Bertz CT molecular complexity index is 1150. The first-order valence-electron chi connectivity index (χ1n) is 11.1. The summed E-state index contributed by atoms with van der Waals surface area (Å²) >= 11 is 8.44. The normalized spacial score (nSPS) is 16.9. The molecular weight excluding hydrogens is 438 g/mol. The summed E-state index contributed by atoms with van der Waals surface area (Å²) in [5.74, 6) is 0.00262. The highest BCUT2D eigenvalue weighted by molar-refractivity contribution is 7.16. The van der Waals surface area contributed by atoms with E-state index in [4.69, 9.17) is 17.3 Å². The van der Waals surface area contributed by atoms with Crippen LogP contribution < -0.4 is 5.73 Å². The van der Waals surface area contributed by atoms with Crippen LogP contribution >= 0.6 is 22.9 Å². The molecule has 3 heterocycles. The van der Waals surface area contributed by atoms with Gasteiger partial charge in [-0.3, -0.25) is 9.78 Å². The predicted molar refractivity (Wildman–Crippen MR) is 135 cm³/mol. The van der Waals surface area contributed by atoms with Crippen LogP contribution in [0.3, 0.4) is 0 Å². The largest absolute Gasteiger partial charge is 0.337 e. The predicted octanol–water partition coefficient (Wildman–Crippen LogP) is 6.30. The number of pyridine rings is 1. The molecule has 168 valence electrons. The van der Waals surface area contributed by atoms with Crippen molar-refractivity contribution in [3.05, 3.63) is 63.8 Å². The lowest BCUT2D eigenvalue weighted by Gasteiger charge is -2.30. The highest BCUT2D eigenvalue weighted by atomic mass is 35.5. The summed E-state index contributed by atoms with van der Waals surface area (Å²) in [6, 6.07) is 12.1. The lowest BCUT2D eigenvalue weighted by molar-refractivity contribution is 0.0709. The summed E-state index contributed by atoms with van der Waals surface area (Å²) in [5.41, 5.74) is 10.9. The van der Waals surface area contributed by atoms with Crippen LogP contribution in [0.25, 0.3) is 21.6 Å². The average molecular weight is 468 g/mol. The molecule has 1 aliphatic heterocycles. The van der Waals surface area contributed by atoms with Crippen molar-refractivity contribution in [1.82, 2.24) is 9.88 Å². The number of thiophene rings is 1. The van der Waals surface area contributed by atoms with Crippen LogP contribution in [-0.4, -0.2) is 34.9 Å². The molecule has 6 heteroatoms. The fourth-order valence-electron chi connectivity index (χ4n) is 4.13. The van der Waals surface area contributed by atoms with E-state index in [-0.39, 0.29) is 17.4 Å². The Hall–Kier alpha value is -2.21. The van der Waals surface area contributed by atoms with E-state index in [0.29, 0.717) is 17.1 Å². The van der Waals surface area contributed by atoms with Gasteiger partial charge in [-0.15, -0.1) is 11.3 Å². The van der Waals surface area contributed by atoms with Crippen molar-refractivity contribution < 1.29 is 4.79 Å². The van der Waals surface area contributed by atoms with E-state index in [9.17, 15) is 4.79 Å². The minimum absolute atomic E-state index is 0.00262. The number of aryl methyl sites for hydroxylation is 1. The molecule has 1 unspecified atom stereocenters. The van der Waals surface area contributed by atoms with E-state index in [1.165, 1.54) is 9.75 Å².